The van der Waals surface area contributed by atoms with E-state index in [9.17, 15) is 0 Å². The molecule has 4 heteroatoms. The fourth-order valence-electron chi connectivity index (χ4n) is 5.37. The molecule has 0 bridgehead atoms. The lowest BCUT2D eigenvalue weighted by Crippen LogP contribution is -2.50. The van der Waals surface area contributed by atoms with Gasteiger partial charge in [-0.25, -0.2) is 0 Å². The predicted molar refractivity (Wildman–Crippen MR) is 124 cm³/mol. The van der Waals surface area contributed by atoms with E-state index >= 15 is 0 Å². The number of hydroxylamine groups is 2. The summed E-state index contributed by atoms with van der Waals surface area (Å²) in [4.78, 5) is 6.90. The van der Waals surface area contributed by atoms with Gasteiger partial charge in [-0.15, -0.1) is 0 Å². The highest BCUT2D eigenvalue weighted by atomic mass is 16.7. The van der Waals surface area contributed by atoms with Crippen molar-refractivity contribution in [1.29, 1.82) is 0 Å². The lowest BCUT2D eigenvalue weighted by Gasteiger charge is -2.46. The largest absolute Gasteiger partial charge is 0.491 e. The maximum absolute atomic E-state index is 6.90. The minimum absolute atomic E-state index is 0.0509. The molecule has 2 aromatic carbocycles. The van der Waals surface area contributed by atoms with Crippen molar-refractivity contribution in [2.75, 3.05) is 13.2 Å². The molecule has 0 amide bonds. The Balaban J connectivity index is 1.61. The van der Waals surface area contributed by atoms with E-state index in [1.54, 1.807) is 0 Å². The van der Waals surface area contributed by atoms with Crippen LogP contribution in [0.1, 0.15) is 83.1 Å². The van der Waals surface area contributed by atoms with Gasteiger partial charge in [0.1, 0.15) is 24.6 Å². The van der Waals surface area contributed by atoms with Crippen molar-refractivity contribution in [3.8, 4) is 5.75 Å². The van der Waals surface area contributed by atoms with Gasteiger partial charge in [0, 0.05) is 0 Å². The van der Waals surface area contributed by atoms with E-state index in [2.05, 4.69) is 76.1 Å². The zero-order valence-electron chi connectivity index (χ0n) is 19.7. The third-order valence-electron chi connectivity index (χ3n) is 7.50. The van der Waals surface area contributed by atoms with Crippen molar-refractivity contribution in [3.63, 3.8) is 0 Å². The number of hydrogen-bond acceptors (Lipinski definition) is 4. The van der Waals surface area contributed by atoms with Crippen molar-refractivity contribution in [1.82, 2.24) is 5.06 Å². The van der Waals surface area contributed by atoms with Crippen LogP contribution in [0.5, 0.6) is 5.75 Å². The number of ether oxygens (including phenoxy) is 2. The first kappa shape index (κ1) is 22.3. The number of hydrogen-bond donors (Lipinski definition) is 0. The average Bonchev–Trinajstić information content (AvgIpc) is 3.62. The van der Waals surface area contributed by atoms with E-state index in [0.717, 1.165) is 43.6 Å². The maximum Gasteiger partial charge on any atom is 0.119 e. The van der Waals surface area contributed by atoms with Crippen molar-refractivity contribution in [3.05, 3.63) is 65.2 Å². The van der Waals surface area contributed by atoms with E-state index in [4.69, 9.17) is 14.3 Å². The fraction of sp³-hybridized carbons (Fsp3) is 0.556. The molecule has 2 aromatic rings. The molecule has 4 nitrogen and oxygen atoms in total. The monoisotopic (exact) mass is 423 g/mol. The third kappa shape index (κ3) is 3.79. The van der Waals surface area contributed by atoms with Gasteiger partial charge < -0.3 is 9.47 Å². The maximum atomic E-state index is 6.90. The lowest BCUT2D eigenvalue weighted by molar-refractivity contribution is -0.305. The van der Waals surface area contributed by atoms with Crippen LogP contribution in [0.3, 0.4) is 0 Å². The summed E-state index contributed by atoms with van der Waals surface area (Å²) in [6.45, 7) is 12.8. The molecule has 31 heavy (non-hydrogen) atoms. The molecule has 0 spiro atoms. The Bertz CT molecular complexity index is 827. The Labute approximate surface area is 187 Å². The van der Waals surface area contributed by atoms with Gasteiger partial charge >= 0.3 is 0 Å². The summed E-state index contributed by atoms with van der Waals surface area (Å²) in [6.07, 6.45) is 4.29. The summed E-state index contributed by atoms with van der Waals surface area (Å²) < 4.78 is 11.0. The van der Waals surface area contributed by atoms with Crippen LogP contribution in [0.2, 0.25) is 0 Å². The van der Waals surface area contributed by atoms with Gasteiger partial charge in [0.25, 0.3) is 0 Å². The summed E-state index contributed by atoms with van der Waals surface area (Å²) in [5.41, 5.74) is 3.81. The second-order valence-electron chi connectivity index (χ2n) is 8.90. The van der Waals surface area contributed by atoms with Crippen LogP contribution in [0.4, 0.5) is 0 Å². The first-order valence-corrected chi connectivity index (χ1v) is 12.0. The van der Waals surface area contributed by atoms with Crippen molar-refractivity contribution in [2.24, 2.45) is 0 Å². The minimum Gasteiger partial charge on any atom is -0.491 e. The summed E-state index contributed by atoms with van der Waals surface area (Å²) in [5, 5.41) is 2.38. The highest BCUT2D eigenvalue weighted by Crippen LogP contribution is 2.56. The molecule has 168 valence electrons. The smallest absolute Gasteiger partial charge is 0.119 e. The Hall–Kier alpha value is -1.88. The molecule has 2 unspecified atom stereocenters. The third-order valence-corrected chi connectivity index (χ3v) is 7.50. The normalized spacial score (nSPS) is 22.2. The summed E-state index contributed by atoms with van der Waals surface area (Å²) in [6, 6.07) is 17.3. The molecule has 0 saturated carbocycles. The molecule has 1 fully saturated rings. The SMILES string of the molecule is CCC1(CC)c2ccccc2C(CC)(CC)N1OC(C)c1ccc(OCC2CO2)cc1. The Morgan fingerprint density at radius 3 is 1.87 bits per heavy atom. The van der Waals surface area contributed by atoms with Crippen molar-refractivity contribution >= 4 is 0 Å². The fourth-order valence-corrected chi connectivity index (χ4v) is 5.37. The summed E-state index contributed by atoms with van der Waals surface area (Å²) >= 11 is 0. The number of epoxide rings is 1. The highest BCUT2D eigenvalue weighted by molar-refractivity contribution is 5.44. The molecule has 2 aliphatic heterocycles. The summed E-state index contributed by atoms with van der Waals surface area (Å²) in [7, 11) is 0. The molecule has 0 N–H and O–H groups in total. The first-order valence-electron chi connectivity index (χ1n) is 12.0. The molecule has 0 radical (unpaired) electrons. The zero-order chi connectivity index (χ0) is 22.1. The number of fused-ring (bicyclic) bond motifs is 1. The van der Waals surface area contributed by atoms with Crippen LogP contribution in [0, 0.1) is 0 Å². The van der Waals surface area contributed by atoms with E-state index in [1.807, 2.05) is 12.1 Å². The Morgan fingerprint density at radius 1 is 0.903 bits per heavy atom. The minimum atomic E-state index is -0.107. The molecule has 4 rings (SSSR count). The van der Waals surface area contributed by atoms with Crippen LogP contribution < -0.4 is 4.74 Å². The van der Waals surface area contributed by atoms with Crippen LogP contribution >= 0.6 is 0 Å². The second-order valence-corrected chi connectivity index (χ2v) is 8.90. The van der Waals surface area contributed by atoms with Crippen molar-refractivity contribution < 1.29 is 14.3 Å². The average molecular weight is 424 g/mol. The lowest BCUT2D eigenvalue weighted by atomic mass is 9.83. The number of rotatable bonds is 10. The first-order chi connectivity index (χ1) is 15.0. The van der Waals surface area contributed by atoms with Gasteiger partial charge in [-0.05, 0) is 61.4 Å². The van der Waals surface area contributed by atoms with Crippen LogP contribution in [0.15, 0.2) is 48.5 Å². The van der Waals surface area contributed by atoms with Gasteiger partial charge in [-0.1, -0.05) is 64.1 Å². The van der Waals surface area contributed by atoms with Crippen LogP contribution in [0.25, 0.3) is 0 Å². The highest BCUT2D eigenvalue weighted by Gasteiger charge is 2.56. The summed E-state index contributed by atoms with van der Waals surface area (Å²) in [5.74, 6) is 0.882. The molecule has 2 heterocycles. The van der Waals surface area contributed by atoms with E-state index in [1.165, 1.54) is 11.1 Å². The Morgan fingerprint density at radius 2 is 1.42 bits per heavy atom. The van der Waals surface area contributed by atoms with E-state index < -0.39 is 0 Å². The molecule has 0 aromatic heterocycles. The van der Waals surface area contributed by atoms with Crippen LogP contribution in [-0.4, -0.2) is 24.4 Å². The van der Waals surface area contributed by atoms with Gasteiger partial charge in [0.15, 0.2) is 0 Å². The van der Waals surface area contributed by atoms with Crippen LogP contribution in [-0.2, 0) is 20.7 Å². The van der Waals surface area contributed by atoms with Gasteiger partial charge in [0.2, 0.25) is 0 Å². The standard InChI is InChI=1S/C27H37NO3/c1-6-26(7-2)24-12-10-11-13-25(24)27(8-3,9-4)28(26)31-20(5)21-14-16-22(17-15-21)29-18-23-19-30-23/h10-17,20,23H,6-9,18-19H2,1-5H3. The number of benzene rings is 2. The topological polar surface area (TPSA) is 34.2 Å². The van der Waals surface area contributed by atoms with Gasteiger partial charge in [-0.2, -0.15) is 5.06 Å². The van der Waals surface area contributed by atoms with Crippen molar-refractivity contribution in [2.45, 2.75) is 83.6 Å². The molecular weight excluding hydrogens is 386 g/mol. The second kappa shape index (κ2) is 8.93. The zero-order valence-corrected chi connectivity index (χ0v) is 19.7. The van der Waals surface area contributed by atoms with E-state index in [0.29, 0.717) is 6.61 Å². The predicted octanol–water partition coefficient (Wildman–Crippen LogP) is 6.50. The molecule has 0 aliphatic carbocycles. The molecule has 2 aliphatic rings. The quantitative estimate of drug-likeness (QED) is 0.408. The van der Waals surface area contributed by atoms with Gasteiger partial charge in [-0.3, -0.25) is 4.84 Å². The molecular formula is C27H37NO3. The van der Waals surface area contributed by atoms with E-state index in [-0.39, 0.29) is 23.3 Å². The van der Waals surface area contributed by atoms with Gasteiger partial charge in [0.05, 0.1) is 17.7 Å². The molecule has 1 saturated heterocycles. The molecule has 2 atom stereocenters. The Kier molecular flexibility index (Phi) is 6.43. The number of nitrogens with zero attached hydrogens (tertiary/aromatic N) is 1.